The van der Waals surface area contributed by atoms with E-state index in [2.05, 4.69) is 31.0 Å². The standard InChI is InChI=1S/C33H33FN6O3/c1-3-19-6-4-7-20-10-23(41)12-25(27(19)20)29-28(34)30-26(15-36-29)31(40-16-21-11-22(40)14-35-21)38-32(37-30)43-18-33-8-5-9-39(33)17-24(13-33)42-2/h1,4,6-7,10,12,15,21-22,24,35,41H,5,8-9,11,13-14,16-18H2,2H3/t21-,22-,24-,33+/m1/s1. The Kier molecular flexibility index (Phi) is 6.19. The highest BCUT2D eigenvalue weighted by molar-refractivity contribution is 6.02. The van der Waals surface area contributed by atoms with Crippen molar-refractivity contribution in [3.05, 3.63) is 47.9 Å². The number of methoxy groups -OCH3 is 1. The maximum absolute atomic E-state index is 16.7. The Morgan fingerprint density at radius 2 is 2.16 bits per heavy atom. The van der Waals surface area contributed by atoms with Crippen LogP contribution in [0, 0.1) is 18.2 Å². The van der Waals surface area contributed by atoms with Crippen LogP contribution in [-0.4, -0.2) is 88.6 Å². The molecule has 43 heavy (non-hydrogen) atoms. The van der Waals surface area contributed by atoms with Gasteiger partial charge in [-0.2, -0.15) is 9.97 Å². The molecule has 2 N–H and O–H groups in total. The number of piperazine rings is 1. The molecule has 0 saturated carbocycles. The predicted molar refractivity (Wildman–Crippen MR) is 162 cm³/mol. The second-order valence-electron chi connectivity index (χ2n) is 12.3. The van der Waals surface area contributed by atoms with Crippen molar-refractivity contribution in [2.45, 2.75) is 49.4 Å². The number of ether oxygens (including phenoxy) is 2. The van der Waals surface area contributed by atoms with Crippen LogP contribution in [0.2, 0.25) is 0 Å². The van der Waals surface area contributed by atoms with Gasteiger partial charge < -0.3 is 24.8 Å². The number of nitrogens with one attached hydrogen (secondary N) is 1. The fraction of sp³-hybridized carbons (Fsp3) is 0.424. The molecule has 4 aliphatic rings. The molecule has 0 amide bonds. The molecule has 9 nitrogen and oxygen atoms in total. The minimum absolute atomic E-state index is 0.00254. The third-order valence-electron chi connectivity index (χ3n) is 9.92. The zero-order valence-electron chi connectivity index (χ0n) is 24.0. The van der Waals surface area contributed by atoms with Crippen molar-refractivity contribution in [2.24, 2.45) is 0 Å². The minimum atomic E-state index is -0.604. The molecule has 4 aromatic rings. The fourth-order valence-electron chi connectivity index (χ4n) is 7.86. The smallest absolute Gasteiger partial charge is 0.319 e. The summed E-state index contributed by atoms with van der Waals surface area (Å²) in [6.45, 7) is 3.93. The highest BCUT2D eigenvalue weighted by Crippen LogP contribution is 2.42. The maximum atomic E-state index is 16.7. The van der Waals surface area contributed by atoms with Gasteiger partial charge in [-0.1, -0.05) is 18.1 Å². The van der Waals surface area contributed by atoms with E-state index >= 15 is 4.39 Å². The van der Waals surface area contributed by atoms with Gasteiger partial charge in [0.05, 0.1) is 17.0 Å². The Hall–Kier alpha value is -4.04. The monoisotopic (exact) mass is 580 g/mol. The Labute approximate surface area is 249 Å². The summed E-state index contributed by atoms with van der Waals surface area (Å²) in [5, 5.41) is 16.0. The van der Waals surface area contributed by atoms with Crippen molar-refractivity contribution in [1.82, 2.24) is 25.2 Å². The Balaban J connectivity index is 1.26. The van der Waals surface area contributed by atoms with Crippen LogP contribution in [0.5, 0.6) is 11.8 Å². The first-order valence-electron chi connectivity index (χ1n) is 15.0. The lowest BCUT2D eigenvalue weighted by molar-refractivity contribution is 0.0997. The molecule has 4 atom stereocenters. The van der Waals surface area contributed by atoms with Crippen LogP contribution in [-0.2, 0) is 4.74 Å². The van der Waals surface area contributed by atoms with Crippen LogP contribution < -0.4 is 15.0 Å². The van der Waals surface area contributed by atoms with Crippen LogP contribution >= 0.6 is 0 Å². The van der Waals surface area contributed by atoms with E-state index in [4.69, 9.17) is 20.9 Å². The number of pyridine rings is 1. The Morgan fingerprint density at radius 1 is 1.26 bits per heavy atom. The van der Waals surface area contributed by atoms with Crippen molar-refractivity contribution in [2.75, 3.05) is 44.8 Å². The number of anilines is 1. The van der Waals surface area contributed by atoms with Crippen LogP contribution in [0.4, 0.5) is 10.2 Å². The number of fused-ring (bicyclic) bond motifs is 5. The predicted octanol–water partition coefficient (Wildman–Crippen LogP) is 3.85. The number of benzene rings is 2. The zero-order valence-corrected chi connectivity index (χ0v) is 24.0. The molecule has 0 radical (unpaired) electrons. The van der Waals surface area contributed by atoms with Gasteiger partial charge in [0.25, 0.3) is 0 Å². The van der Waals surface area contributed by atoms with Gasteiger partial charge in [-0.25, -0.2) is 4.39 Å². The summed E-state index contributed by atoms with van der Waals surface area (Å²) >= 11 is 0. The SMILES string of the molecule is C#Cc1cccc2cc(O)cc(-c3ncc4c(N5C[C@H]6C[C@@H]5CN6)nc(OC[C@@]56CCCN5C[C@H](OC)C6)nc4c3F)c12. The number of phenols is 1. The molecule has 10 heteroatoms. The van der Waals surface area contributed by atoms with Gasteiger partial charge in [0.15, 0.2) is 5.82 Å². The third kappa shape index (κ3) is 4.21. The topological polar surface area (TPSA) is 95.9 Å². The molecular formula is C33H33FN6O3. The van der Waals surface area contributed by atoms with Gasteiger partial charge in [-0.05, 0) is 55.8 Å². The largest absolute Gasteiger partial charge is 0.508 e. The van der Waals surface area contributed by atoms with Crippen LogP contribution in [0.25, 0.3) is 32.9 Å². The highest BCUT2D eigenvalue weighted by atomic mass is 19.1. The molecule has 2 bridgehead atoms. The average Bonchev–Trinajstić information content (AvgIpc) is 3.80. The van der Waals surface area contributed by atoms with Crippen molar-refractivity contribution in [1.29, 1.82) is 0 Å². The summed E-state index contributed by atoms with van der Waals surface area (Å²) in [7, 11) is 1.76. The first-order valence-corrected chi connectivity index (χ1v) is 15.0. The molecule has 2 aromatic heterocycles. The van der Waals surface area contributed by atoms with Crippen molar-refractivity contribution >= 4 is 27.5 Å². The van der Waals surface area contributed by atoms with Crippen LogP contribution in [0.15, 0.2) is 36.5 Å². The molecule has 8 rings (SSSR count). The lowest BCUT2D eigenvalue weighted by atomic mass is 9.94. The van der Waals surface area contributed by atoms with Gasteiger partial charge in [0.2, 0.25) is 0 Å². The summed E-state index contributed by atoms with van der Waals surface area (Å²) in [4.78, 5) is 18.8. The van der Waals surface area contributed by atoms with Crippen molar-refractivity contribution < 1.29 is 19.0 Å². The minimum Gasteiger partial charge on any atom is -0.508 e. The summed E-state index contributed by atoms with van der Waals surface area (Å²) in [5.41, 5.74) is 1.07. The Bertz CT molecular complexity index is 1810. The molecule has 4 aliphatic heterocycles. The maximum Gasteiger partial charge on any atom is 0.319 e. The number of hydrogen-bond donors (Lipinski definition) is 2. The summed E-state index contributed by atoms with van der Waals surface area (Å²) in [6, 6.07) is 9.35. The first kappa shape index (κ1) is 26.6. The molecular weight excluding hydrogens is 547 g/mol. The molecule has 220 valence electrons. The van der Waals surface area contributed by atoms with Crippen molar-refractivity contribution in [3.63, 3.8) is 0 Å². The zero-order chi connectivity index (χ0) is 29.3. The van der Waals surface area contributed by atoms with E-state index in [1.807, 2.05) is 12.1 Å². The van der Waals surface area contributed by atoms with Gasteiger partial charge in [-0.3, -0.25) is 9.88 Å². The quantitative estimate of drug-likeness (QED) is 0.330. The number of terminal acetylenes is 1. The fourth-order valence-corrected chi connectivity index (χ4v) is 7.86. The number of aromatic hydroxyl groups is 1. The molecule has 4 fully saturated rings. The van der Waals surface area contributed by atoms with E-state index in [1.165, 1.54) is 6.07 Å². The molecule has 6 heterocycles. The number of phenolic OH excluding ortho intramolecular Hbond substituents is 1. The van der Waals surface area contributed by atoms with Gasteiger partial charge in [0.1, 0.15) is 29.4 Å². The van der Waals surface area contributed by atoms with Crippen molar-refractivity contribution in [3.8, 4) is 35.4 Å². The Morgan fingerprint density at radius 3 is 2.95 bits per heavy atom. The van der Waals surface area contributed by atoms with E-state index < -0.39 is 5.82 Å². The van der Waals surface area contributed by atoms with E-state index in [-0.39, 0.29) is 40.7 Å². The second kappa shape index (κ2) is 10.0. The number of nitrogens with zero attached hydrogens (tertiary/aromatic N) is 5. The summed E-state index contributed by atoms with van der Waals surface area (Å²) in [6.07, 6.45) is 11.6. The number of rotatable bonds is 6. The number of hydrogen-bond acceptors (Lipinski definition) is 9. The summed E-state index contributed by atoms with van der Waals surface area (Å²) in [5.74, 6) is 2.72. The summed E-state index contributed by atoms with van der Waals surface area (Å²) < 4.78 is 28.8. The lowest BCUT2D eigenvalue weighted by Crippen LogP contribution is -2.44. The molecule has 0 spiro atoms. The van der Waals surface area contributed by atoms with Gasteiger partial charge in [-0.15, -0.1) is 6.42 Å². The highest BCUT2D eigenvalue weighted by Gasteiger charge is 2.49. The average molecular weight is 581 g/mol. The normalized spacial score (nSPS) is 26.4. The third-order valence-corrected chi connectivity index (χ3v) is 9.92. The second-order valence-corrected chi connectivity index (χ2v) is 12.3. The van der Waals surface area contributed by atoms with Crippen LogP contribution in [0.3, 0.4) is 0 Å². The van der Waals surface area contributed by atoms with E-state index in [9.17, 15) is 5.11 Å². The molecule has 2 aromatic carbocycles. The van der Waals surface area contributed by atoms with E-state index in [0.717, 1.165) is 51.9 Å². The van der Waals surface area contributed by atoms with Gasteiger partial charge >= 0.3 is 6.01 Å². The number of halogens is 1. The molecule has 4 saturated heterocycles. The first-order chi connectivity index (χ1) is 21.0. The van der Waals surface area contributed by atoms with Crippen LogP contribution in [0.1, 0.15) is 31.2 Å². The van der Waals surface area contributed by atoms with Gasteiger partial charge in [0, 0.05) is 61.5 Å². The van der Waals surface area contributed by atoms with E-state index in [0.29, 0.717) is 45.8 Å². The number of aromatic nitrogens is 3. The molecule has 0 unspecified atom stereocenters. The molecule has 0 aliphatic carbocycles. The lowest BCUT2D eigenvalue weighted by Gasteiger charge is -2.32. The van der Waals surface area contributed by atoms with E-state index in [1.54, 1.807) is 25.4 Å².